The zero-order valence-corrected chi connectivity index (χ0v) is 15.6. The molecule has 3 aromatic rings. The lowest BCUT2D eigenvalue weighted by atomic mass is 10.2. The van der Waals surface area contributed by atoms with Gasteiger partial charge in [-0.15, -0.1) is 11.3 Å². The van der Waals surface area contributed by atoms with Crippen molar-refractivity contribution in [1.29, 1.82) is 0 Å². The van der Waals surface area contributed by atoms with Crippen LogP contribution in [-0.2, 0) is 0 Å². The fourth-order valence-electron chi connectivity index (χ4n) is 2.02. The maximum Gasteiger partial charge on any atom is 0.269 e. The van der Waals surface area contributed by atoms with Crippen molar-refractivity contribution in [2.45, 2.75) is 0 Å². The highest BCUT2D eigenvalue weighted by Gasteiger charge is 2.17. The highest BCUT2D eigenvalue weighted by molar-refractivity contribution is 9.10. The van der Waals surface area contributed by atoms with E-state index in [0.29, 0.717) is 9.90 Å². The predicted octanol–water partition coefficient (Wildman–Crippen LogP) is 5.44. The van der Waals surface area contributed by atoms with Gasteiger partial charge in [0.15, 0.2) is 5.11 Å². The van der Waals surface area contributed by atoms with E-state index in [1.807, 2.05) is 48.5 Å². The molecule has 0 unspecified atom stereocenters. The molecule has 3 nitrogen and oxygen atoms in total. The van der Waals surface area contributed by atoms with Crippen molar-refractivity contribution in [1.82, 2.24) is 5.32 Å². The third-order valence-corrected chi connectivity index (χ3v) is 5.48. The number of anilines is 1. The standard InChI is InChI=1S/C16H10BrClN2OS2/c17-9-5-7-10(8-6-9)19-16(22)20-15(21)14-13(18)11-3-1-2-4-12(11)23-14/h1-8H,(H2,19,20,21,22). The van der Waals surface area contributed by atoms with Gasteiger partial charge in [0.1, 0.15) is 4.88 Å². The number of carbonyl (C=O) groups excluding carboxylic acids is 1. The summed E-state index contributed by atoms with van der Waals surface area (Å²) in [5, 5.41) is 7.17. The van der Waals surface area contributed by atoms with Crippen molar-refractivity contribution in [3.63, 3.8) is 0 Å². The van der Waals surface area contributed by atoms with Gasteiger partial charge in [-0.05, 0) is 42.5 Å². The minimum Gasteiger partial charge on any atom is -0.332 e. The normalized spacial score (nSPS) is 10.5. The summed E-state index contributed by atoms with van der Waals surface area (Å²) >= 11 is 16.2. The number of thiocarbonyl (C=S) groups is 1. The Morgan fingerprint density at radius 1 is 1.13 bits per heavy atom. The van der Waals surface area contributed by atoms with Crippen LogP contribution < -0.4 is 10.6 Å². The molecule has 0 aliphatic rings. The minimum atomic E-state index is -0.314. The van der Waals surface area contributed by atoms with E-state index in [4.69, 9.17) is 23.8 Å². The van der Waals surface area contributed by atoms with E-state index in [1.165, 1.54) is 11.3 Å². The summed E-state index contributed by atoms with van der Waals surface area (Å²) in [7, 11) is 0. The summed E-state index contributed by atoms with van der Waals surface area (Å²) in [6.45, 7) is 0. The number of benzene rings is 2. The van der Waals surface area contributed by atoms with Crippen LogP contribution in [0.4, 0.5) is 5.69 Å². The molecule has 0 radical (unpaired) electrons. The van der Waals surface area contributed by atoms with Crippen LogP contribution in [0.15, 0.2) is 53.0 Å². The van der Waals surface area contributed by atoms with Crippen LogP contribution in [0.5, 0.6) is 0 Å². The molecule has 7 heteroatoms. The molecule has 0 fully saturated rings. The lowest BCUT2D eigenvalue weighted by Crippen LogP contribution is -2.33. The Hall–Kier alpha value is -1.47. The lowest BCUT2D eigenvalue weighted by Gasteiger charge is -2.09. The van der Waals surface area contributed by atoms with Crippen molar-refractivity contribution in [2.24, 2.45) is 0 Å². The van der Waals surface area contributed by atoms with Gasteiger partial charge < -0.3 is 5.32 Å². The third kappa shape index (κ3) is 3.72. The average molecular weight is 426 g/mol. The topological polar surface area (TPSA) is 41.1 Å². The number of carbonyl (C=O) groups is 1. The van der Waals surface area contributed by atoms with Gasteiger partial charge in [0.25, 0.3) is 5.91 Å². The van der Waals surface area contributed by atoms with Crippen molar-refractivity contribution in [2.75, 3.05) is 5.32 Å². The molecule has 1 amide bonds. The van der Waals surface area contributed by atoms with Gasteiger partial charge in [0.2, 0.25) is 0 Å². The van der Waals surface area contributed by atoms with E-state index < -0.39 is 0 Å². The highest BCUT2D eigenvalue weighted by atomic mass is 79.9. The Morgan fingerprint density at radius 2 is 1.83 bits per heavy atom. The molecule has 0 spiro atoms. The fraction of sp³-hybridized carbons (Fsp3) is 0. The molecule has 0 saturated heterocycles. The molecular formula is C16H10BrClN2OS2. The number of fused-ring (bicyclic) bond motifs is 1. The Kier molecular flexibility index (Phi) is 4.96. The van der Waals surface area contributed by atoms with Gasteiger partial charge in [-0.25, -0.2) is 0 Å². The first-order valence-electron chi connectivity index (χ1n) is 6.59. The summed E-state index contributed by atoms with van der Waals surface area (Å²) in [5.74, 6) is -0.314. The maximum atomic E-state index is 12.4. The number of hydrogen-bond acceptors (Lipinski definition) is 3. The van der Waals surface area contributed by atoms with Crippen LogP contribution in [0.2, 0.25) is 5.02 Å². The van der Waals surface area contributed by atoms with Crippen LogP contribution in [0, 0.1) is 0 Å². The number of thiophene rings is 1. The molecule has 0 bridgehead atoms. The molecule has 1 heterocycles. The van der Waals surface area contributed by atoms with Crippen LogP contribution in [0.25, 0.3) is 10.1 Å². The Balaban J connectivity index is 1.73. The van der Waals surface area contributed by atoms with E-state index in [0.717, 1.165) is 20.2 Å². The highest BCUT2D eigenvalue weighted by Crippen LogP contribution is 2.34. The fourth-order valence-corrected chi connectivity index (χ4v) is 3.90. The van der Waals surface area contributed by atoms with E-state index in [1.54, 1.807) is 0 Å². The Bertz CT molecular complexity index is 893. The molecule has 0 atom stereocenters. The predicted molar refractivity (Wildman–Crippen MR) is 105 cm³/mol. The summed E-state index contributed by atoms with van der Waals surface area (Å²) in [6.07, 6.45) is 0. The van der Waals surface area contributed by atoms with Crippen LogP contribution >= 0.6 is 51.1 Å². The number of amides is 1. The van der Waals surface area contributed by atoms with Gasteiger partial charge in [0.05, 0.1) is 5.02 Å². The molecule has 0 aliphatic carbocycles. The zero-order chi connectivity index (χ0) is 16.4. The summed E-state index contributed by atoms with van der Waals surface area (Å²) < 4.78 is 1.93. The van der Waals surface area contributed by atoms with E-state index in [-0.39, 0.29) is 11.0 Å². The van der Waals surface area contributed by atoms with Crippen LogP contribution in [0.3, 0.4) is 0 Å². The number of rotatable bonds is 2. The molecule has 2 N–H and O–H groups in total. The Labute approximate surface area is 155 Å². The third-order valence-electron chi connectivity index (χ3n) is 3.07. The monoisotopic (exact) mass is 424 g/mol. The van der Waals surface area contributed by atoms with E-state index in [2.05, 4.69) is 26.6 Å². The van der Waals surface area contributed by atoms with E-state index >= 15 is 0 Å². The summed E-state index contributed by atoms with van der Waals surface area (Å²) in [6, 6.07) is 15.1. The van der Waals surface area contributed by atoms with E-state index in [9.17, 15) is 4.79 Å². The number of halogens is 2. The average Bonchev–Trinajstić information content (AvgIpc) is 2.87. The number of nitrogens with one attached hydrogen (secondary N) is 2. The van der Waals surface area contributed by atoms with Crippen molar-refractivity contribution in [3.05, 3.63) is 62.9 Å². The second-order valence-corrected chi connectivity index (χ2v) is 7.41. The van der Waals surface area contributed by atoms with Gasteiger partial charge in [0, 0.05) is 20.2 Å². The van der Waals surface area contributed by atoms with Gasteiger partial charge in [-0.2, -0.15) is 0 Å². The molecule has 1 aromatic heterocycles. The first kappa shape index (κ1) is 16.4. The molecule has 23 heavy (non-hydrogen) atoms. The van der Waals surface area contributed by atoms with Crippen molar-refractivity contribution >= 4 is 77.9 Å². The van der Waals surface area contributed by atoms with Crippen LogP contribution in [0.1, 0.15) is 9.67 Å². The first-order chi connectivity index (χ1) is 11.0. The molecule has 0 saturated carbocycles. The first-order valence-corrected chi connectivity index (χ1v) is 8.99. The summed E-state index contributed by atoms with van der Waals surface area (Å²) in [4.78, 5) is 12.8. The molecule has 116 valence electrons. The second-order valence-electron chi connectivity index (χ2n) is 4.66. The SMILES string of the molecule is O=C(NC(=S)Nc1ccc(Br)cc1)c1sc2ccccc2c1Cl. The van der Waals surface area contributed by atoms with Crippen LogP contribution in [-0.4, -0.2) is 11.0 Å². The zero-order valence-electron chi connectivity index (χ0n) is 11.6. The van der Waals surface area contributed by atoms with Crippen molar-refractivity contribution in [3.8, 4) is 0 Å². The summed E-state index contributed by atoms with van der Waals surface area (Å²) in [5.41, 5.74) is 0.793. The van der Waals surface area contributed by atoms with Gasteiger partial charge in [-0.1, -0.05) is 45.7 Å². The second kappa shape index (κ2) is 6.97. The van der Waals surface area contributed by atoms with Gasteiger partial charge >= 0.3 is 0 Å². The maximum absolute atomic E-state index is 12.4. The smallest absolute Gasteiger partial charge is 0.269 e. The molecule has 3 rings (SSSR count). The largest absolute Gasteiger partial charge is 0.332 e. The van der Waals surface area contributed by atoms with Crippen molar-refractivity contribution < 1.29 is 4.79 Å². The minimum absolute atomic E-state index is 0.228. The molecule has 2 aromatic carbocycles. The number of hydrogen-bond donors (Lipinski definition) is 2. The molecular weight excluding hydrogens is 416 g/mol. The Morgan fingerprint density at radius 3 is 2.52 bits per heavy atom. The molecule has 0 aliphatic heterocycles. The lowest BCUT2D eigenvalue weighted by molar-refractivity contribution is 0.0982. The quantitative estimate of drug-likeness (QED) is 0.537. The van der Waals surface area contributed by atoms with Gasteiger partial charge in [-0.3, -0.25) is 10.1 Å².